The third-order valence-corrected chi connectivity index (χ3v) is 6.15. The van der Waals surface area contributed by atoms with E-state index >= 15 is 0 Å². The fourth-order valence-electron chi connectivity index (χ4n) is 2.98. The van der Waals surface area contributed by atoms with Crippen molar-refractivity contribution in [2.24, 2.45) is 0 Å². The molecule has 2 aromatic heterocycles. The summed E-state index contributed by atoms with van der Waals surface area (Å²) >= 11 is 3.00. The fourth-order valence-corrected chi connectivity index (χ4v) is 4.65. The maximum absolute atomic E-state index is 12.7. The van der Waals surface area contributed by atoms with Crippen LogP contribution >= 0.6 is 22.7 Å². The second-order valence-corrected chi connectivity index (χ2v) is 7.88. The zero-order valence-electron chi connectivity index (χ0n) is 14.2. The third-order valence-electron chi connectivity index (χ3n) is 4.26. The molecule has 0 atom stereocenters. The van der Waals surface area contributed by atoms with Crippen LogP contribution in [0.15, 0.2) is 41.1 Å². The van der Waals surface area contributed by atoms with E-state index in [4.69, 9.17) is 0 Å². The number of thiophene rings is 1. The summed E-state index contributed by atoms with van der Waals surface area (Å²) in [6.45, 7) is 2.58. The van der Waals surface area contributed by atoms with Gasteiger partial charge in [0.15, 0.2) is 0 Å². The molecule has 1 fully saturated rings. The first-order valence-electron chi connectivity index (χ1n) is 8.33. The lowest BCUT2D eigenvalue weighted by molar-refractivity contribution is -0.117. The average Bonchev–Trinajstić information content (AvgIpc) is 3.35. The molecule has 1 aliphatic heterocycles. The number of carbonyl (C=O) groups excluding carboxylic acids is 2. The Balaban J connectivity index is 1.54. The minimum absolute atomic E-state index is 0.132. The van der Waals surface area contributed by atoms with E-state index < -0.39 is 0 Å². The van der Waals surface area contributed by atoms with Gasteiger partial charge in [0.05, 0.1) is 5.69 Å². The van der Waals surface area contributed by atoms with E-state index in [0.717, 1.165) is 34.9 Å². The van der Waals surface area contributed by atoms with E-state index in [1.54, 1.807) is 16.2 Å². The van der Waals surface area contributed by atoms with Crippen molar-refractivity contribution in [1.82, 2.24) is 4.98 Å². The molecule has 0 unspecified atom stereocenters. The highest BCUT2D eigenvalue weighted by molar-refractivity contribution is 7.17. The first-order valence-corrected chi connectivity index (χ1v) is 10.1. The van der Waals surface area contributed by atoms with Crippen molar-refractivity contribution in [3.8, 4) is 10.6 Å². The molecule has 0 aliphatic carbocycles. The number of nitrogens with one attached hydrogen (secondary N) is 1. The number of carbonyl (C=O) groups is 2. The summed E-state index contributed by atoms with van der Waals surface area (Å²) in [5.74, 6) is -0.0430. The van der Waals surface area contributed by atoms with Crippen LogP contribution in [-0.2, 0) is 4.79 Å². The monoisotopic (exact) mass is 383 g/mol. The topological polar surface area (TPSA) is 62.3 Å². The molecular weight excluding hydrogens is 366 g/mol. The Morgan fingerprint density at radius 3 is 2.92 bits per heavy atom. The van der Waals surface area contributed by atoms with Crippen LogP contribution in [0.2, 0.25) is 0 Å². The Hall–Kier alpha value is -2.51. The van der Waals surface area contributed by atoms with Gasteiger partial charge >= 0.3 is 0 Å². The molecule has 0 bridgehead atoms. The summed E-state index contributed by atoms with van der Waals surface area (Å²) in [4.78, 5) is 31.5. The molecule has 26 heavy (non-hydrogen) atoms. The van der Waals surface area contributed by atoms with Gasteiger partial charge in [-0.3, -0.25) is 9.59 Å². The van der Waals surface area contributed by atoms with E-state index in [9.17, 15) is 9.59 Å². The van der Waals surface area contributed by atoms with Crippen molar-refractivity contribution in [3.05, 3.63) is 51.7 Å². The number of hydrogen-bond acceptors (Lipinski definition) is 5. The molecule has 0 saturated carbocycles. The highest BCUT2D eigenvalue weighted by atomic mass is 32.1. The molecule has 3 aromatic rings. The Morgan fingerprint density at radius 2 is 2.19 bits per heavy atom. The quantitative estimate of drug-likeness (QED) is 0.718. The Bertz CT molecular complexity index is 963. The summed E-state index contributed by atoms with van der Waals surface area (Å²) in [7, 11) is 0. The number of aryl methyl sites for hydroxylation is 1. The lowest BCUT2D eigenvalue weighted by atomic mass is 10.2. The van der Waals surface area contributed by atoms with E-state index in [2.05, 4.69) is 10.3 Å². The second kappa shape index (κ2) is 7.01. The number of rotatable bonds is 4. The van der Waals surface area contributed by atoms with E-state index in [-0.39, 0.29) is 11.8 Å². The summed E-state index contributed by atoms with van der Waals surface area (Å²) in [5, 5.41) is 7.81. The van der Waals surface area contributed by atoms with Crippen LogP contribution in [0.1, 0.15) is 28.2 Å². The van der Waals surface area contributed by atoms with Gasteiger partial charge < -0.3 is 10.2 Å². The van der Waals surface area contributed by atoms with Crippen LogP contribution in [0.3, 0.4) is 0 Å². The number of thiazole rings is 1. The van der Waals surface area contributed by atoms with Crippen molar-refractivity contribution in [2.45, 2.75) is 19.8 Å². The number of amides is 2. The van der Waals surface area contributed by atoms with Gasteiger partial charge in [-0.1, -0.05) is 6.07 Å². The van der Waals surface area contributed by atoms with E-state index in [1.807, 2.05) is 48.0 Å². The van der Waals surface area contributed by atoms with Gasteiger partial charge in [-0.25, -0.2) is 4.98 Å². The van der Waals surface area contributed by atoms with Gasteiger partial charge in [-0.05, 0) is 43.0 Å². The van der Waals surface area contributed by atoms with Crippen LogP contribution in [-0.4, -0.2) is 23.3 Å². The number of nitrogens with zero attached hydrogens (tertiary/aromatic N) is 2. The van der Waals surface area contributed by atoms with Gasteiger partial charge in [-0.2, -0.15) is 11.3 Å². The largest absolute Gasteiger partial charge is 0.321 e. The van der Waals surface area contributed by atoms with Crippen molar-refractivity contribution in [2.75, 3.05) is 16.8 Å². The van der Waals surface area contributed by atoms with Crippen molar-refractivity contribution in [3.63, 3.8) is 0 Å². The van der Waals surface area contributed by atoms with Gasteiger partial charge in [0.2, 0.25) is 5.91 Å². The molecule has 1 aromatic carbocycles. The number of hydrogen-bond donors (Lipinski definition) is 1. The molecule has 1 saturated heterocycles. The predicted molar refractivity (Wildman–Crippen MR) is 106 cm³/mol. The number of aromatic nitrogens is 1. The number of anilines is 2. The normalized spacial score (nSPS) is 14.0. The standard InChI is InChI=1S/C19H17N3O2S2/c1-12-17(26-19(20-12)13-7-9-25-11-13)18(24)21-14-4-2-5-15(10-14)22-8-3-6-16(22)23/h2,4-5,7,9-11H,3,6,8H2,1H3,(H,21,24). The predicted octanol–water partition coefficient (Wildman–Crippen LogP) is 4.56. The van der Waals surface area contributed by atoms with Crippen molar-refractivity contribution >= 4 is 45.9 Å². The molecule has 3 heterocycles. The number of benzene rings is 1. The molecule has 132 valence electrons. The molecule has 0 radical (unpaired) electrons. The summed E-state index contributed by atoms with van der Waals surface area (Å²) in [5.41, 5.74) is 3.26. The third kappa shape index (κ3) is 3.27. The lowest BCUT2D eigenvalue weighted by Crippen LogP contribution is -2.23. The molecule has 7 heteroatoms. The van der Waals surface area contributed by atoms with E-state index in [0.29, 0.717) is 17.0 Å². The minimum atomic E-state index is -0.175. The maximum Gasteiger partial charge on any atom is 0.267 e. The Morgan fingerprint density at radius 1 is 1.31 bits per heavy atom. The first-order chi connectivity index (χ1) is 12.6. The maximum atomic E-state index is 12.7. The van der Waals surface area contributed by atoms with Gasteiger partial charge in [0, 0.05) is 35.3 Å². The summed E-state index contributed by atoms with van der Waals surface area (Å²) in [6, 6.07) is 9.43. The summed E-state index contributed by atoms with van der Waals surface area (Å²) in [6.07, 6.45) is 1.46. The Kier molecular flexibility index (Phi) is 4.57. The molecular formula is C19H17N3O2S2. The molecule has 2 amide bonds. The highest BCUT2D eigenvalue weighted by Gasteiger charge is 2.22. The van der Waals surface area contributed by atoms with Crippen LogP contribution in [0.25, 0.3) is 10.6 Å². The molecule has 0 spiro atoms. The first kappa shape index (κ1) is 16.9. The van der Waals surface area contributed by atoms with Crippen molar-refractivity contribution < 1.29 is 9.59 Å². The van der Waals surface area contributed by atoms with Crippen LogP contribution in [0.5, 0.6) is 0 Å². The van der Waals surface area contributed by atoms with Gasteiger partial charge in [-0.15, -0.1) is 11.3 Å². The molecule has 4 rings (SSSR count). The molecule has 1 aliphatic rings. The van der Waals surface area contributed by atoms with E-state index in [1.165, 1.54) is 11.3 Å². The van der Waals surface area contributed by atoms with Crippen molar-refractivity contribution in [1.29, 1.82) is 0 Å². The van der Waals surface area contributed by atoms with Gasteiger partial charge in [0.1, 0.15) is 9.88 Å². The minimum Gasteiger partial charge on any atom is -0.321 e. The zero-order valence-corrected chi connectivity index (χ0v) is 15.8. The van der Waals surface area contributed by atoms with Crippen LogP contribution in [0, 0.1) is 6.92 Å². The molecule has 5 nitrogen and oxygen atoms in total. The average molecular weight is 383 g/mol. The van der Waals surface area contributed by atoms with Crippen LogP contribution < -0.4 is 10.2 Å². The summed E-state index contributed by atoms with van der Waals surface area (Å²) < 4.78 is 0. The highest BCUT2D eigenvalue weighted by Crippen LogP contribution is 2.30. The lowest BCUT2D eigenvalue weighted by Gasteiger charge is -2.16. The fraction of sp³-hybridized carbons (Fsp3) is 0.211. The SMILES string of the molecule is Cc1nc(-c2ccsc2)sc1C(=O)Nc1cccc(N2CCCC2=O)c1. The van der Waals surface area contributed by atoms with Gasteiger partial charge in [0.25, 0.3) is 5.91 Å². The second-order valence-electron chi connectivity index (χ2n) is 6.10. The smallest absolute Gasteiger partial charge is 0.267 e. The Labute approximate surface area is 159 Å². The van der Waals surface area contributed by atoms with Crippen LogP contribution in [0.4, 0.5) is 11.4 Å². The molecule has 1 N–H and O–H groups in total. The zero-order chi connectivity index (χ0) is 18.1.